The van der Waals surface area contributed by atoms with Crippen LogP contribution in [0.1, 0.15) is 28.7 Å². The SMILES string of the molecule is COc1ccc(CC[NH+]2COc3c(Cl)cc4c5c(c(=O)oc4c3C2)CCC5)cc1. The monoisotopic (exact) mass is 412 g/mol. The van der Waals surface area contributed by atoms with Crippen LogP contribution in [-0.2, 0) is 25.8 Å². The van der Waals surface area contributed by atoms with Gasteiger partial charge in [0.25, 0.3) is 0 Å². The lowest BCUT2D eigenvalue weighted by Crippen LogP contribution is -3.12. The highest BCUT2D eigenvalue weighted by atomic mass is 35.5. The Morgan fingerprint density at radius 3 is 2.72 bits per heavy atom. The molecule has 6 heteroatoms. The third-order valence-electron chi connectivity index (χ3n) is 6.04. The number of halogens is 1. The Kier molecular flexibility index (Phi) is 4.72. The van der Waals surface area contributed by atoms with E-state index in [9.17, 15) is 4.79 Å². The number of quaternary nitrogens is 1. The van der Waals surface area contributed by atoms with Crippen LogP contribution in [0.15, 0.2) is 39.5 Å². The quantitative estimate of drug-likeness (QED) is 0.669. The van der Waals surface area contributed by atoms with Crippen LogP contribution < -0.4 is 20.0 Å². The maximum Gasteiger partial charge on any atom is 0.339 e. The number of rotatable bonds is 4. The van der Waals surface area contributed by atoms with Gasteiger partial charge in [-0.05, 0) is 48.6 Å². The summed E-state index contributed by atoms with van der Waals surface area (Å²) in [5.74, 6) is 1.52. The predicted molar refractivity (Wildman–Crippen MR) is 111 cm³/mol. The van der Waals surface area contributed by atoms with Crippen LogP contribution in [-0.4, -0.2) is 20.4 Å². The summed E-state index contributed by atoms with van der Waals surface area (Å²) < 4.78 is 17.0. The average Bonchev–Trinajstić information content (AvgIpc) is 3.25. The molecule has 0 bridgehead atoms. The van der Waals surface area contributed by atoms with Gasteiger partial charge >= 0.3 is 5.63 Å². The molecule has 1 unspecified atom stereocenters. The van der Waals surface area contributed by atoms with E-state index in [0.717, 1.165) is 66.6 Å². The highest BCUT2D eigenvalue weighted by Gasteiger charge is 2.29. The molecule has 2 aliphatic rings. The molecule has 0 radical (unpaired) electrons. The Bertz CT molecular complexity index is 1140. The zero-order chi connectivity index (χ0) is 20.0. The molecule has 1 aromatic heterocycles. The van der Waals surface area contributed by atoms with Crippen LogP contribution in [0.3, 0.4) is 0 Å². The lowest BCUT2D eigenvalue weighted by atomic mass is 10.0. The average molecular weight is 413 g/mol. The minimum absolute atomic E-state index is 0.208. The number of hydrogen-bond acceptors (Lipinski definition) is 4. The summed E-state index contributed by atoms with van der Waals surface area (Å²) in [5.41, 5.74) is 4.52. The van der Waals surface area contributed by atoms with Crippen molar-refractivity contribution < 1.29 is 18.8 Å². The van der Waals surface area contributed by atoms with Crippen LogP contribution in [0.25, 0.3) is 11.0 Å². The van der Waals surface area contributed by atoms with Crippen LogP contribution in [0.2, 0.25) is 5.02 Å². The van der Waals surface area contributed by atoms with Crippen LogP contribution in [0, 0.1) is 0 Å². The summed E-state index contributed by atoms with van der Waals surface area (Å²) >= 11 is 6.55. The normalized spacial score (nSPS) is 17.7. The number of hydrogen-bond donors (Lipinski definition) is 1. The number of benzene rings is 2. The van der Waals surface area contributed by atoms with Crippen LogP contribution in [0.4, 0.5) is 0 Å². The largest absolute Gasteiger partial charge is 0.497 e. The first-order valence-electron chi connectivity index (χ1n) is 10.0. The second-order valence-corrected chi connectivity index (χ2v) is 8.21. The van der Waals surface area contributed by atoms with Crippen LogP contribution >= 0.6 is 11.6 Å². The molecule has 1 atom stereocenters. The molecule has 1 N–H and O–H groups in total. The van der Waals surface area contributed by atoms with E-state index in [1.165, 1.54) is 10.5 Å². The Labute approximate surface area is 173 Å². The van der Waals surface area contributed by atoms with Gasteiger partial charge in [-0.15, -0.1) is 0 Å². The van der Waals surface area contributed by atoms with Gasteiger partial charge in [0.2, 0.25) is 6.73 Å². The third kappa shape index (κ3) is 3.28. The molecule has 0 amide bonds. The van der Waals surface area contributed by atoms with Crippen molar-refractivity contribution in [2.75, 3.05) is 20.4 Å². The van der Waals surface area contributed by atoms with E-state index in [-0.39, 0.29) is 5.63 Å². The number of fused-ring (bicyclic) bond motifs is 5. The second-order valence-electron chi connectivity index (χ2n) is 7.81. The van der Waals surface area contributed by atoms with Crippen molar-refractivity contribution in [2.24, 2.45) is 0 Å². The van der Waals surface area contributed by atoms with Gasteiger partial charge in [-0.2, -0.15) is 0 Å². The van der Waals surface area contributed by atoms with Gasteiger partial charge in [0.05, 0.1) is 24.2 Å². The molecule has 2 aromatic carbocycles. The van der Waals surface area contributed by atoms with Crippen molar-refractivity contribution in [2.45, 2.75) is 32.2 Å². The van der Waals surface area contributed by atoms with Crippen molar-refractivity contribution in [1.29, 1.82) is 0 Å². The first-order valence-corrected chi connectivity index (χ1v) is 10.4. The molecule has 3 aromatic rings. The Balaban J connectivity index is 1.44. The van der Waals surface area contributed by atoms with Gasteiger partial charge in [0.15, 0.2) is 11.3 Å². The summed E-state index contributed by atoms with van der Waals surface area (Å²) in [5, 5.41) is 1.57. The molecule has 1 aliphatic carbocycles. The molecule has 0 saturated heterocycles. The van der Waals surface area contributed by atoms with E-state index in [1.807, 2.05) is 18.2 Å². The first kappa shape index (κ1) is 18.5. The van der Waals surface area contributed by atoms with E-state index < -0.39 is 0 Å². The van der Waals surface area contributed by atoms with Crippen molar-refractivity contribution in [3.8, 4) is 11.5 Å². The summed E-state index contributed by atoms with van der Waals surface area (Å²) in [6.07, 6.45) is 3.61. The minimum atomic E-state index is -0.208. The van der Waals surface area contributed by atoms with E-state index in [1.54, 1.807) is 7.11 Å². The van der Waals surface area contributed by atoms with Gasteiger partial charge < -0.3 is 13.9 Å². The molecule has 29 heavy (non-hydrogen) atoms. The lowest BCUT2D eigenvalue weighted by Gasteiger charge is -2.27. The zero-order valence-electron chi connectivity index (χ0n) is 16.3. The van der Waals surface area contributed by atoms with Crippen molar-refractivity contribution in [1.82, 2.24) is 0 Å². The third-order valence-corrected chi connectivity index (χ3v) is 6.32. The van der Waals surface area contributed by atoms with Crippen molar-refractivity contribution >= 4 is 22.6 Å². The Hall–Kier alpha value is -2.50. The highest BCUT2D eigenvalue weighted by molar-refractivity contribution is 6.33. The topological polar surface area (TPSA) is 53.1 Å². The molecular formula is C23H23ClNO4+. The molecule has 150 valence electrons. The van der Waals surface area contributed by atoms with Gasteiger partial charge in [-0.25, -0.2) is 4.79 Å². The summed E-state index contributed by atoms with van der Waals surface area (Å²) in [6, 6.07) is 10.0. The second kappa shape index (κ2) is 7.39. The van der Waals surface area contributed by atoms with Gasteiger partial charge in [0, 0.05) is 17.4 Å². The maximum atomic E-state index is 12.5. The molecular weight excluding hydrogens is 390 g/mol. The smallest absolute Gasteiger partial charge is 0.339 e. The molecule has 1 aliphatic heterocycles. The molecule has 0 fully saturated rings. The zero-order valence-corrected chi connectivity index (χ0v) is 17.1. The van der Waals surface area contributed by atoms with Crippen molar-refractivity contribution in [3.63, 3.8) is 0 Å². The molecule has 5 rings (SSSR count). The number of nitrogens with one attached hydrogen (secondary N) is 1. The Morgan fingerprint density at radius 1 is 1.14 bits per heavy atom. The fraction of sp³-hybridized carbons (Fsp3) is 0.348. The predicted octanol–water partition coefficient (Wildman–Crippen LogP) is 2.92. The van der Waals surface area contributed by atoms with Crippen LogP contribution in [0.5, 0.6) is 11.5 Å². The number of aryl methyl sites for hydroxylation is 1. The minimum Gasteiger partial charge on any atom is -0.497 e. The standard InChI is InChI=1S/C23H22ClNO4/c1-27-15-7-5-14(6-8-15)9-10-25-12-19-21-18(11-20(24)22(19)28-13-25)16-3-2-4-17(16)23(26)29-21/h5-8,11H,2-4,9-10,12-13H2,1H3/p+1. The Morgan fingerprint density at radius 2 is 1.93 bits per heavy atom. The maximum absolute atomic E-state index is 12.5. The molecule has 0 spiro atoms. The first-order chi connectivity index (χ1) is 14.1. The van der Waals surface area contributed by atoms with E-state index >= 15 is 0 Å². The fourth-order valence-electron chi connectivity index (χ4n) is 4.49. The fourth-order valence-corrected chi connectivity index (χ4v) is 4.77. The number of ether oxygens (including phenoxy) is 2. The van der Waals surface area contributed by atoms with E-state index in [0.29, 0.717) is 23.1 Å². The molecule has 5 nitrogen and oxygen atoms in total. The summed E-state index contributed by atoms with van der Waals surface area (Å²) in [7, 11) is 1.67. The van der Waals surface area contributed by atoms with Gasteiger partial charge in [-0.1, -0.05) is 23.7 Å². The van der Waals surface area contributed by atoms with E-state index in [4.69, 9.17) is 25.5 Å². The highest BCUT2D eigenvalue weighted by Crippen LogP contribution is 2.39. The van der Waals surface area contributed by atoms with E-state index in [2.05, 4.69) is 12.1 Å². The van der Waals surface area contributed by atoms with Gasteiger partial charge in [0.1, 0.15) is 12.3 Å². The summed E-state index contributed by atoms with van der Waals surface area (Å²) in [6.45, 7) is 2.18. The van der Waals surface area contributed by atoms with Crippen molar-refractivity contribution in [3.05, 3.63) is 68.0 Å². The number of methoxy groups -OCH3 is 1. The molecule has 0 saturated carbocycles. The lowest BCUT2D eigenvalue weighted by molar-refractivity contribution is -0.932. The summed E-state index contributed by atoms with van der Waals surface area (Å²) in [4.78, 5) is 13.8. The molecule has 2 heterocycles. The van der Waals surface area contributed by atoms with Gasteiger partial charge in [-0.3, -0.25) is 4.90 Å².